The number of nitrogens with zero attached hydrogens (tertiary/aromatic N) is 1. The van der Waals surface area contributed by atoms with Crippen molar-refractivity contribution in [3.8, 4) is 0 Å². The van der Waals surface area contributed by atoms with Crippen LogP contribution in [0.2, 0.25) is 0 Å². The number of ether oxygens (including phenoxy) is 4. The van der Waals surface area contributed by atoms with E-state index in [9.17, 15) is 19.2 Å². The van der Waals surface area contributed by atoms with Crippen molar-refractivity contribution in [1.29, 1.82) is 0 Å². The third-order valence-corrected chi connectivity index (χ3v) is 7.81. The van der Waals surface area contributed by atoms with Gasteiger partial charge in [-0.05, 0) is 23.3 Å². The molecular formula is C32H29Cl3N2O8. The van der Waals surface area contributed by atoms with Crippen LogP contribution in [0.25, 0.3) is 0 Å². The van der Waals surface area contributed by atoms with Crippen molar-refractivity contribution >= 4 is 58.5 Å². The largest absolute Gasteiger partial charge is 0.457 e. The van der Waals surface area contributed by atoms with E-state index < -0.39 is 58.1 Å². The van der Waals surface area contributed by atoms with Crippen LogP contribution in [-0.2, 0) is 41.8 Å². The number of carbonyl (C=O) groups is 4. The maximum atomic E-state index is 13.8. The number of halogens is 3. The molecule has 0 aromatic heterocycles. The lowest BCUT2D eigenvalue weighted by Gasteiger charge is -2.48. The fourth-order valence-corrected chi connectivity index (χ4v) is 5.48. The number of fused-ring (bicyclic) bond motifs is 1. The van der Waals surface area contributed by atoms with E-state index in [1.807, 2.05) is 60.7 Å². The van der Waals surface area contributed by atoms with Gasteiger partial charge in [-0.1, -0.05) is 108 Å². The van der Waals surface area contributed by atoms with Crippen LogP contribution in [0.3, 0.4) is 0 Å². The van der Waals surface area contributed by atoms with Gasteiger partial charge in [-0.15, -0.1) is 0 Å². The topological polar surface area (TPSA) is 120 Å². The maximum absolute atomic E-state index is 13.8. The lowest BCUT2D eigenvalue weighted by Crippen LogP contribution is -2.70. The van der Waals surface area contributed by atoms with Crippen LogP contribution in [0, 0.1) is 0 Å². The van der Waals surface area contributed by atoms with E-state index in [4.69, 9.17) is 53.8 Å². The van der Waals surface area contributed by atoms with Gasteiger partial charge >= 0.3 is 5.97 Å². The van der Waals surface area contributed by atoms with E-state index in [1.54, 1.807) is 12.1 Å². The standard InChI is InChI=1S/C32H29Cl3N2O8/c1-19(38)44-26-24(18-42-16-20-10-4-2-5-11-20)45-28(36-31(41)32(33,34)35)25(27(26)43-17-21-12-6-3-7-13-21)37-29(39)22-14-8-9-15-23(22)30(37)40/h2-15,24-28H,16-18H2,1H3,(H,36,41)/t24-,25-,26-,27-,28+/m1/s1. The molecule has 45 heavy (non-hydrogen) atoms. The number of rotatable bonds is 10. The van der Waals surface area contributed by atoms with Crippen molar-refractivity contribution in [3.63, 3.8) is 0 Å². The lowest BCUT2D eigenvalue weighted by molar-refractivity contribution is -0.239. The highest BCUT2D eigenvalue weighted by Gasteiger charge is 2.56. The summed E-state index contributed by atoms with van der Waals surface area (Å²) >= 11 is 17.7. The first-order valence-electron chi connectivity index (χ1n) is 14.0. The number of alkyl halides is 3. The highest BCUT2D eigenvalue weighted by molar-refractivity contribution is 6.76. The van der Waals surface area contributed by atoms with Crippen molar-refractivity contribution in [2.75, 3.05) is 6.61 Å². The Labute approximate surface area is 274 Å². The van der Waals surface area contributed by atoms with Gasteiger partial charge in [-0.2, -0.15) is 0 Å². The molecule has 2 aliphatic heterocycles. The molecule has 0 radical (unpaired) electrons. The van der Waals surface area contributed by atoms with E-state index >= 15 is 0 Å². The van der Waals surface area contributed by atoms with Gasteiger partial charge in [0.05, 0.1) is 30.9 Å². The molecule has 3 amide bonds. The number of carbonyl (C=O) groups excluding carboxylic acids is 4. The van der Waals surface area contributed by atoms with Gasteiger partial charge in [0.15, 0.2) is 12.3 Å². The predicted octanol–water partition coefficient (Wildman–Crippen LogP) is 4.60. The smallest absolute Gasteiger partial charge is 0.303 e. The molecule has 13 heteroatoms. The highest BCUT2D eigenvalue weighted by Crippen LogP contribution is 2.36. The highest BCUT2D eigenvalue weighted by atomic mass is 35.6. The molecule has 0 spiro atoms. The monoisotopic (exact) mass is 674 g/mol. The molecular weight excluding hydrogens is 647 g/mol. The number of amides is 3. The van der Waals surface area contributed by atoms with Crippen LogP contribution in [0.5, 0.6) is 0 Å². The van der Waals surface area contributed by atoms with Gasteiger partial charge < -0.3 is 24.3 Å². The van der Waals surface area contributed by atoms with Crippen LogP contribution < -0.4 is 5.32 Å². The fourth-order valence-electron chi connectivity index (χ4n) is 5.31. The van der Waals surface area contributed by atoms with Crippen LogP contribution >= 0.6 is 34.8 Å². The lowest BCUT2D eigenvalue weighted by atomic mass is 9.93. The molecule has 5 atom stereocenters. The van der Waals surface area contributed by atoms with E-state index in [-0.39, 0.29) is 30.9 Å². The number of nitrogens with one attached hydrogen (secondary N) is 1. The van der Waals surface area contributed by atoms with E-state index in [1.165, 1.54) is 19.1 Å². The Hall–Kier alpha value is -3.51. The summed E-state index contributed by atoms with van der Waals surface area (Å²) < 4.78 is 21.9. The van der Waals surface area contributed by atoms with Crippen LogP contribution in [0.4, 0.5) is 0 Å². The molecule has 2 aliphatic rings. The third kappa shape index (κ3) is 7.66. The first-order valence-corrected chi connectivity index (χ1v) is 15.1. The van der Waals surface area contributed by atoms with Gasteiger partial charge in [0.2, 0.25) is 0 Å². The Morgan fingerprint density at radius 2 is 1.36 bits per heavy atom. The minimum atomic E-state index is -2.41. The number of hydrogen-bond acceptors (Lipinski definition) is 8. The number of benzene rings is 3. The summed E-state index contributed by atoms with van der Waals surface area (Å²) in [6.45, 7) is 1.26. The quantitative estimate of drug-likeness (QED) is 0.188. The molecule has 0 unspecified atom stereocenters. The third-order valence-electron chi connectivity index (χ3n) is 7.29. The Bertz CT molecular complexity index is 1500. The minimum absolute atomic E-state index is 0.00828. The summed E-state index contributed by atoms with van der Waals surface area (Å²) in [4.78, 5) is 53.9. The summed E-state index contributed by atoms with van der Waals surface area (Å²) in [6, 6.07) is 23.4. The van der Waals surface area contributed by atoms with Gasteiger partial charge in [-0.3, -0.25) is 24.1 Å². The predicted molar refractivity (Wildman–Crippen MR) is 164 cm³/mol. The SMILES string of the molecule is CC(=O)O[C@H]1[C@H](OCc2ccccc2)[C@@H](N2C(=O)c3ccccc3C2=O)[C@@H](NC(=O)C(Cl)(Cl)Cl)O[C@@H]1COCc1ccccc1. The van der Waals surface area contributed by atoms with Crippen LogP contribution in [-0.4, -0.2) is 69.6 Å². The Morgan fingerprint density at radius 3 is 1.89 bits per heavy atom. The molecule has 5 rings (SSSR count). The van der Waals surface area contributed by atoms with Gasteiger partial charge in [-0.25, -0.2) is 0 Å². The number of hydrogen-bond donors (Lipinski definition) is 1. The zero-order chi connectivity index (χ0) is 32.1. The zero-order valence-electron chi connectivity index (χ0n) is 23.9. The number of esters is 1. The first-order chi connectivity index (χ1) is 21.5. The average molecular weight is 676 g/mol. The summed E-state index contributed by atoms with van der Waals surface area (Å²) in [7, 11) is 0. The molecule has 1 fully saturated rings. The van der Waals surface area contributed by atoms with E-state index in [0.29, 0.717) is 0 Å². The molecule has 0 aliphatic carbocycles. The molecule has 3 aromatic carbocycles. The fraction of sp³-hybridized carbons (Fsp3) is 0.312. The first kappa shape index (κ1) is 32.9. The molecule has 236 valence electrons. The summed E-state index contributed by atoms with van der Waals surface area (Å²) in [5.41, 5.74) is 1.92. The molecule has 0 saturated carbocycles. The molecule has 3 aromatic rings. The molecule has 1 N–H and O–H groups in total. The van der Waals surface area contributed by atoms with Crippen LogP contribution in [0.15, 0.2) is 84.9 Å². The summed E-state index contributed by atoms with van der Waals surface area (Å²) in [5.74, 6) is -3.07. The second-order valence-electron chi connectivity index (χ2n) is 10.4. The second kappa shape index (κ2) is 14.3. The molecule has 0 bridgehead atoms. The van der Waals surface area contributed by atoms with Crippen molar-refractivity contribution in [2.24, 2.45) is 0 Å². The normalized spacial score (nSPS) is 23.0. The van der Waals surface area contributed by atoms with Crippen molar-refractivity contribution in [2.45, 2.75) is 54.5 Å². The van der Waals surface area contributed by atoms with E-state index in [0.717, 1.165) is 16.0 Å². The Morgan fingerprint density at radius 1 is 0.822 bits per heavy atom. The van der Waals surface area contributed by atoms with Gasteiger partial charge in [0.1, 0.15) is 18.2 Å². The van der Waals surface area contributed by atoms with Crippen molar-refractivity contribution in [1.82, 2.24) is 10.2 Å². The zero-order valence-corrected chi connectivity index (χ0v) is 26.2. The molecule has 10 nitrogen and oxygen atoms in total. The van der Waals surface area contributed by atoms with E-state index in [2.05, 4.69) is 5.32 Å². The summed E-state index contributed by atoms with van der Waals surface area (Å²) in [5, 5.41) is 2.51. The van der Waals surface area contributed by atoms with Crippen molar-refractivity contribution < 1.29 is 38.1 Å². The number of imide groups is 1. The van der Waals surface area contributed by atoms with Gasteiger partial charge in [0.25, 0.3) is 21.5 Å². The van der Waals surface area contributed by atoms with Crippen molar-refractivity contribution in [3.05, 3.63) is 107 Å². The molecule has 2 heterocycles. The molecule has 1 saturated heterocycles. The van der Waals surface area contributed by atoms with Gasteiger partial charge in [0, 0.05) is 6.92 Å². The second-order valence-corrected chi connectivity index (χ2v) is 12.7. The summed E-state index contributed by atoms with van der Waals surface area (Å²) in [6.07, 6.45) is -4.94. The average Bonchev–Trinajstić information content (AvgIpc) is 3.26. The van der Waals surface area contributed by atoms with Crippen LogP contribution in [0.1, 0.15) is 38.8 Å². The maximum Gasteiger partial charge on any atom is 0.303 e. The Balaban J connectivity index is 1.55. The minimum Gasteiger partial charge on any atom is -0.457 e. The Kier molecular flexibility index (Phi) is 10.4.